The molecule has 0 radical (unpaired) electrons. The highest BCUT2D eigenvalue weighted by atomic mass is 32.2. The van der Waals surface area contributed by atoms with Gasteiger partial charge in [0.15, 0.2) is 0 Å². The Morgan fingerprint density at radius 1 is 1.29 bits per heavy atom. The van der Waals surface area contributed by atoms with E-state index in [9.17, 15) is 8.42 Å². The van der Waals surface area contributed by atoms with E-state index in [1.807, 2.05) is 6.92 Å². The lowest BCUT2D eigenvalue weighted by atomic mass is 9.88. The molecule has 0 aromatic heterocycles. The van der Waals surface area contributed by atoms with Gasteiger partial charge in [0.1, 0.15) is 0 Å². The summed E-state index contributed by atoms with van der Waals surface area (Å²) in [6, 6.07) is 9.17. The van der Waals surface area contributed by atoms with Crippen LogP contribution in [0, 0.1) is 0 Å². The molecule has 1 unspecified atom stereocenters. The summed E-state index contributed by atoms with van der Waals surface area (Å²) in [6.45, 7) is 3.91. The number of rotatable bonds is 7. The van der Waals surface area contributed by atoms with E-state index in [1.165, 1.54) is 28.1 Å². The van der Waals surface area contributed by atoms with Gasteiger partial charge in [0.05, 0.1) is 6.26 Å². The third kappa shape index (κ3) is 4.80. The maximum absolute atomic E-state index is 11.5. The Balaban J connectivity index is 1.73. The summed E-state index contributed by atoms with van der Waals surface area (Å²) >= 11 is 0. The predicted molar refractivity (Wildman–Crippen MR) is 87.0 cm³/mol. The number of sulfonamides is 1. The molecule has 0 saturated heterocycles. The van der Waals surface area contributed by atoms with Crippen LogP contribution in [0.5, 0.6) is 0 Å². The van der Waals surface area contributed by atoms with E-state index < -0.39 is 10.0 Å². The first kappa shape index (κ1) is 16.5. The molecule has 0 saturated carbocycles. The zero-order valence-corrected chi connectivity index (χ0v) is 13.8. The average Bonchev–Trinajstić information content (AvgIpc) is 2.45. The van der Waals surface area contributed by atoms with Gasteiger partial charge in [0, 0.05) is 19.1 Å². The van der Waals surface area contributed by atoms with E-state index in [4.69, 9.17) is 0 Å². The van der Waals surface area contributed by atoms with E-state index in [-0.39, 0.29) is 0 Å². The maximum atomic E-state index is 11.5. The normalized spacial score (nSPS) is 18.7. The van der Waals surface area contributed by atoms with Gasteiger partial charge in [-0.25, -0.2) is 12.7 Å². The molecular weight excluding hydrogens is 284 g/mol. The second-order valence-electron chi connectivity index (χ2n) is 5.77. The van der Waals surface area contributed by atoms with Crippen molar-refractivity contribution < 1.29 is 8.42 Å². The monoisotopic (exact) mass is 310 g/mol. The van der Waals surface area contributed by atoms with Crippen molar-refractivity contribution in [2.45, 2.75) is 38.6 Å². The van der Waals surface area contributed by atoms with Gasteiger partial charge < -0.3 is 5.32 Å². The molecule has 0 amide bonds. The summed E-state index contributed by atoms with van der Waals surface area (Å²) in [5, 5.41) is 3.57. The lowest BCUT2D eigenvalue weighted by Gasteiger charge is -2.26. The number of nitrogens with one attached hydrogen (secondary N) is 1. The van der Waals surface area contributed by atoms with Crippen molar-refractivity contribution in [1.29, 1.82) is 0 Å². The number of hydrogen-bond donors (Lipinski definition) is 1. The highest BCUT2D eigenvalue weighted by Crippen LogP contribution is 2.20. The minimum absolute atomic E-state index is 0.521. The maximum Gasteiger partial charge on any atom is 0.211 e. The van der Waals surface area contributed by atoms with E-state index in [2.05, 4.69) is 29.6 Å². The molecule has 1 atom stereocenters. The van der Waals surface area contributed by atoms with Crippen molar-refractivity contribution in [2.75, 3.05) is 25.9 Å². The number of hydrogen-bond acceptors (Lipinski definition) is 3. The lowest BCUT2D eigenvalue weighted by molar-refractivity contribution is 0.399. The Bertz CT molecular complexity index is 557. The zero-order valence-electron chi connectivity index (χ0n) is 13.0. The van der Waals surface area contributed by atoms with Gasteiger partial charge in [-0.3, -0.25) is 0 Å². The van der Waals surface area contributed by atoms with Crippen LogP contribution >= 0.6 is 0 Å². The minimum Gasteiger partial charge on any atom is -0.314 e. The quantitative estimate of drug-likeness (QED) is 0.781. The van der Waals surface area contributed by atoms with Crippen LogP contribution in [-0.4, -0.2) is 44.7 Å². The van der Waals surface area contributed by atoms with Crippen molar-refractivity contribution in [3.8, 4) is 0 Å². The van der Waals surface area contributed by atoms with Crippen LogP contribution in [0.15, 0.2) is 24.3 Å². The van der Waals surface area contributed by atoms with E-state index in [0.29, 0.717) is 19.1 Å². The first-order valence-corrected chi connectivity index (χ1v) is 9.61. The standard InChI is InChI=1S/C16H26N2O2S/c1-3-18(21(2,19)20)12-6-11-17-16-10-9-14-7-4-5-8-15(14)13-16/h4-5,7-8,16-17H,3,6,9-13H2,1-2H3. The topological polar surface area (TPSA) is 49.4 Å². The Kier molecular flexibility index (Phi) is 5.79. The molecule has 1 aromatic rings. The molecule has 1 aliphatic rings. The van der Waals surface area contributed by atoms with Gasteiger partial charge in [-0.05, 0) is 43.4 Å². The number of nitrogens with zero attached hydrogens (tertiary/aromatic N) is 1. The van der Waals surface area contributed by atoms with Crippen molar-refractivity contribution in [1.82, 2.24) is 9.62 Å². The van der Waals surface area contributed by atoms with E-state index >= 15 is 0 Å². The summed E-state index contributed by atoms with van der Waals surface area (Å²) < 4.78 is 24.5. The van der Waals surface area contributed by atoms with Crippen molar-refractivity contribution in [3.63, 3.8) is 0 Å². The predicted octanol–water partition coefficient (Wildman–Crippen LogP) is 1.81. The minimum atomic E-state index is -3.05. The molecule has 118 valence electrons. The van der Waals surface area contributed by atoms with Crippen LogP contribution in [0.2, 0.25) is 0 Å². The first-order chi connectivity index (χ1) is 10.0. The van der Waals surface area contributed by atoms with Crippen molar-refractivity contribution in [2.24, 2.45) is 0 Å². The highest BCUT2D eigenvalue weighted by Gasteiger charge is 2.18. The van der Waals surface area contributed by atoms with Gasteiger partial charge in [0.25, 0.3) is 0 Å². The van der Waals surface area contributed by atoms with Crippen LogP contribution < -0.4 is 5.32 Å². The summed E-state index contributed by atoms with van der Waals surface area (Å²) in [5.41, 5.74) is 2.93. The largest absolute Gasteiger partial charge is 0.314 e. The number of benzene rings is 1. The smallest absolute Gasteiger partial charge is 0.211 e. The summed E-state index contributed by atoms with van der Waals surface area (Å²) in [5.74, 6) is 0. The van der Waals surface area contributed by atoms with Gasteiger partial charge >= 0.3 is 0 Å². The zero-order chi connectivity index (χ0) is 15.3. The first-order valence-electron chi connectivity index (χ1n) is 7.76. The molecule has 4 nitrogen and oxygen atoms in total. The molecule has 1 N–H and O–H groups in total. The molecule has 0 spiro atoms. The SMILES string of the molecule is CCN(CCCNC1CCc2ccccc2C1)S(C)(=O)=O. The van der Waals surface area contributed by atoms with Crippen LogP contribution in [-0.2, 0) is 22.9 Å². The number of fused-ring (bicyclic) bond motifs is 1. The number of aryl methyl sites for hydroxylation is 1. The summed E-state index contributed by atoms with van der Waals surface area (Å²) in [7, 11) is -3.05. The van der Waals surface area contributed by atoms with Gasteiger partial charge in [-0.15, -0.1) is 0 Å². The fourth-order valence-corrected chi connectivity index (χ4v) is 3.92. The van der Waals surface area contributed by atoms with E-state index in [1.54, 1.807) is 0 Å². The third-order valence-corrected chi connectivity index (χ3v) is 5.56. The Morgan fingerprint density at radius 3 is 2.67 bits per heavy atom. The van der Waals surface area contributed by atoms with Crippen LogP contribution in [0.25, 0.3) is 0 Å². The van der Waals surface area contributed by atoms with Crippen LogP contribution in [0.1, 0.15) is 30.9 Å². The van der Waals surface area contributed by atoms with Crippen LogP contribution in [0.3, 0.4) is 0 Å². The fourth-order valence-electron chi connectivity index (χ4n) is 2.99. The Morgan fingerprint density at radius 2 is 2.00 bits per heavy atom. The summed E-state index contributed by atoms with van der Waals surface area (Å²) in [4.78, 5) is 0. The Labute approximate surface area is 128 Å². The highest BCUT2D eigenvalue weighted by molar-refractivity contribution is 7.88. The van der Waals surface area contributed by atoms with Crippen LogP contribution in [0.4, 0.5) is 0 Å². The second-order valence-corrected chi connectivity index (χ2v) is 7.75. The van der Waals surface area contributed by atoms with E-state index in [0.717, 1.165) is 25.8 Å². The molecular formula is C16H26N2O2S. The summed E-state index contributed by atoms with van der Waals surface area (Å²) in [6.07, 6.45) is 5.53. The molecule has 1 aliphatic carbocycles. The second kappa shape index (κ2) is 7.38. The molecule has 2 rings (SSSR count). The van der Waals surface area contributed by atoms with Crippen molar-refractivity contribution >= 4 is 10.0 Å². The lowest BCUT2D eigenvalue weighted by Crippen LogP contribution is -2.37. The Hall–Kier alpha value is -0.910. The average molecular weight is 310 g/mol. The molecule has 0 bridgehead atoms. The van der Waals surface area contributed by atoms with Gasteiger partial charge in [-0.2, -0.15) is 0 Å². The molecule has 0 heterocycles. The molecule has 0 aliphatic heterocycles. The van der Waals surface area contributed by atoms with Gasteiger partial charge in [-0.1, -0.05) is 31.2 Å². The molecule has 1 aromatic carbocycles. The third-order valence-electron chi connectivity index (χ3n) is 4.19. The molecule has 0 fully saturated rings. The molecule has 21 heavy (non-hydrogen) atoms. The fraction of sp³-hybridized carbons (Fsp3) is 0.625. The van der Waals surface area contributed by atoms with Crippen molar-refractivity contribution in [3.05, 3.63) is 35.4 Å². The molecule has 5 heteroatoms. The van der Waals surface area contributed by atoms with Gasteiger partial charge in [0.2, 0.25) is 10.0 Å².